The van der Waals surface area contributed by atoms with Gasteiger partial charge in [0.05, 0.1) is 0 Å². The van der Waals surface area contributed by atoms with Gasteiger partial charge in [-0.05, 0) is 49.5 Å². The van der Waals surface area contributed by atoms with E-state index >= 15 is 0 Å². The molecule has 3 rings (SSSR count). The van der Waals surface area contributed by atoms with E-state index in [4.69, 9.17) is 0 Å². The smallest absolute Gasteiger partial charge is 0.246 e. The first-order valence-corrected chi connectivity index (χ1v) is 8.11. The molecule has 0 N–H and O–H groups in total. The highest BCUT2D eigenvalue weighted by Gasteiger charge is 2.21. The zero-order valence-electron chi connectivity index (χ0n) is 12.8. The van der Waals surface area contributed by atoms with Crippen molar-refractivity contribution in [3.63, 3.8) is 0 Å². The molecule has 1 aromatic carbocycles. The zero-order chi connectivity index (χ0) is 15.4. The molecular formula is C18H22N2O2. The summed E-state index contributed by atoms with van der Waals surface area (Å²) in [5.74, 6) is 0.294. The minimum absolute atomic E-state index is 0.0958. The summed E-state index contributed by atoms with van der Waals surface area (Å²) < 4.78 is 0. The molecule has 4 nitrogen and oxygen atoms in total. The van der Waals surface area contributed by atoms with E-state index in [1.54, 1.807) is 6.08 Å². The first-order chi connectivity index (χ1) is 10.7. The molecule has 0 saturated carbocycles. The molecule has 2 saturated heterocycles. The fourth-order valence-electron chi connectivity index (χ4n) is 3.07. The largest absolute Gasteiger partial charge is 0.339 e. The van der Waals surface area contributed by atoms with Gasteiger partial charge in [0, 0.05) is 37.8 Å². The number of carbonyl (C=O) groups excluding carboxylic acids is 2. The van der Waals surface area contributed by atoms with E-state index in [0.717, 1.165) is 50.1 Å². The van der Waals surface area contributed by atoms with Gasteiger partial charge in [0.15, 0.2) is 0 Å². The molecule has 0 aliphatic carbocycles. The quantitative estimate of drug-likeness (QED) is 0.805. The van der Waals surface area contributed by atoms with Crippen molar-refractivity contribution >= 4 is 23.6 Å². The van der Waals surface area contributed by atoms with Crippen LogP contribution >= 0.6 is 0 Å². The molecule has 2 amide bonds. The number of hydrogen-bond donors (Lipinski definition) is 0. The SMILES string of the molecule is O=C(C=Cc1ccc(N2CCCC2=O)cc1)N1CCCCC1. The van der Waals surface area contributed by atoms with Gasteiger partial charge >= 0.3 is 0 Å². The normalized spacial score (nSPS) is 19.2. The van der Waals surface area contributed by atoms with E-state index in [0.29, 0.717) is 6.42 Å². The number of likely N-dealkylation sites (tertiary alicyclic amines) is 1. The molecule has 1 aromatic rings. The van der Waals surface area contributed by atoms with E-state index in [-0.39, 0.29) is 11.8 Å². The summed E-state index contributed by atoms with van der Waals surface area (Å²) in [5.41, 5.74) is 1.93. The van der Waals surface area contributed by atoms with E-state index in [1.807, 2.05) is 40.1 Å². The average molecular weight is 298 g/mol. The number of rotatable bonds is 3. The zero-order valence-corrected chi connectivity index (χ0v) is 12.8. The van der Waals surface area contributed by atoms with Crippen LogP contribution in [0.15, 0.2) is 30.3 Å². The molecule has 2 heterocycles. The first-order valence-electron chi connectivity index (χ1n) is 8.11. The van der Waals surface area contributed by atoms with Crippen molar-refractivity contribution in [3.8, 4) is 0 Å². The predicted molar refractivity (Wildman–Crippen MR) is 87.5 cm³/mol. The third-order valence-electron chi connectivity index (χ3n) is 4.36. The molecule has 2 fully saturated rings. The number of piperidine rings is 1. The molecule has 0 aromatic heterocycles. The molecule has 0 spiro atoms. The van der Waals surface area contributed by atoms with Gasteiger partial charge in [0.25, 0.3) is 0 Å². The molecule has 2 aliphatic heterocycles. The number of hydrogen-bond acceptors (Lipinski definition) is 2. The number of amides is 2. The Morgan fingerprint density at radius 3 is 2.32 bits per heavy atom. The third-order valence-corrected chi connectivity index (χ3v) is 4.36. The Kier molecular flexibility index (Phi) is 4.56. The summed E-state index contributed by atoms with van der Waals surface area (Å²) in [4.78, 5) is 27.5. The molecule has 0 atom stereocenters. The fraction of sp³-hybridized carbons (Fsp3) is 0.444. The maximum absolute atomic E-state index is 12.1. The molecule has 116 valence electrons. The third kappa shape index (κ3) is 3.38. The van der Waals surface area contributed by atoms with Crippen molar-refractivity contribution in [2.45, 2.75) is 32.1 Å². The van der Waals surface area contributed by atoms with Gasteiger partial charge < -0.3 is 9.80 Å². The van der Waals surface area contributed by atoms with Crippen LogP contribution in [0.3, 0.4) is 0 Å². The maximum Gasteiger partial charge on any atom is 0.246 e. The lowest BCUT2D eigenvalue weighted by Gasteiger charge is -2.25. The van der Waals surface area contributed by atoms with E-state index in [9.17, 15) is 9.59 Å². The minimum Gasteiger partial charge on any atom is -0.339 e. The van der Waals surface area contributed by atoms with Crippen LogP contribution in [0.1, 0.15) is 37.7 Å². The Morgan fingerprint density at radius 2 is 1.68 bits per heavy atom. The fourth-order valence-corrected chi connectivity index (χ4v) is 3.07. The van der Waals surface area contributed by atoms with Gasteiger partial charge in [-0.1, -0.05) is 12.1 Å². The Balaban J connectivity index is 1.61. The van der Waals surface area contributed by atoms with Crippen molar-refractivity contribution in [1.29, 1.82) is 0 Å². The number of benzene rings is 1. The van der Waals surface area contributed by atoms with Crippen molar-refractivity contribution in [3.05, 3.63) is 35.9 Å². The molecule has 4 heteroatoms. The molecule has 2 aliphatic rings. The van der Waals surface area contributed by atoms with Crippen LogP contribution in [0.2, 0.25) is 0 Å². The van der Waals surface area contributed by atoms with Crippen molar-refractivity contribution < 1.29 is 9.59 Å². The summed E-state index contributed by atoms with van der Waals surface area (Å²) in [7, 11) is 0. The molecule has 22 heavy (non-hydrogen) atoms. The van der Waals surface area contributed by atoms with Crippen molar-refractivity contribution in [2.24, 2.45) is 0 Å². The van der Waals surface area contributed by atoms with Crippen LogP contribution in [-0.2, 0) is 9.59 Å². The van der Waals surface area contributed by atoms with Crippen LogP contribution in [0, 0.1) is 0 Å². The van der Waals surface area contributed by atoms with Crippen LogP contribution in [0.4, 0.5) is 5.69 Å². The maximum atomic E-state index is 12.1. The van der Waals surface area contributed by atoms with Crippen LogP contribution in [0.5, 0.6) is 0 Å². The van der Waals surface area contributed by atoms with Crippen molar-refractivity contribution in [2.75, 3.05) is 24.5 Å². The highest BCUT2D eigenvalue weighted by atomic mass is 16.2. The summed E-state index contributed by atoms with van der Waals surface area (Å²) in [6.45, 7) is 2.56. The van der Waals surface area contributed by atoms with E-state index in [2.05, 4.69) is 0 Å². The highest BCUT2D eigenvalue weighted by molar-refractivity contribution is 5.95. The second-order valence-corrected chi connectivity index (χ2v) is 5.96. The van der Waals surface area contributed by atoms with E-state index in [1.165, 1.54) is 6.42 Å². The van der Waals surface area contributed by atoms with Gasteiger partial charge in [0.2, 0.25) is 11.8 Å². The number of nitrogens with zero attached hydrogens (tertiary/aromatic N) is 2. The number of anilines is 1. The molecular weight excluding hydrogens is 276 g/mol. The second-order valence-electron chi connectivity index (χ2n) is 5.96. The lowest BCUT2D eigenvalue weighted by Crippen LogP contribution is -2.34. The van der Waals surface area contributed by atoms with Gasteiger partial charge in [-0.15, -0.1) is 0 Å². The molecule has 0 unspecified atom stereocenters. The topological polar surface area (TPSA) is 40.6 Å². The van der Waals surface area contributed by atoms with Gasteiger partial charge in [-0.2, -0.15) is 0 Å². The summed E-state index contributed by atoms with van der Waals surface area (Å²) in [6, 6.07) is 7.82. The number of carbonyl (C=O) groups is 2. The monoisotopic (exact) mass is 298 g/mol. The first kappa shape index (κ1) is 14.8. The average Bonchev–Trinajstić information content (AvgIpc) is 3.00. The second kappa shape index (κ2) is 6.77. The minimum atomic E-state index is 0.0958. The van der Waals surface area contributed by atoms with Crippen LogP contribution in [-0.4, -0.2) is 36.3 Å². The lowest BCUT2D eigenvalue weighted by molar-refractivity contribution is -0.126. The molecule has 0 bridgehead atoms. The Morgan fingerprint density at radius 1 is 0.955 bits per heavy atom. The van der Waals surface area contributed by atoms with Gasteiger partial charge in [-0.25, -0.2) is 0 Å². The van der Waals surface area contributed by atoms with Gasteiger partial charge in [0.1, 0.15) is 0 Å². The van der Waals surface area contributed by atoms with Gasteiger partial charge in [-0.3, -0.25) is 9.59 Å². The van der Waals surface area contributed by atoms with Crippen LogP contribution in [0.25, 0.3) is 6.08 Å². The summed E-state index contributed by atoms with van der Waals surface area (Å²) in [5, 5.41) is 0. The predicted octanol–water partition coefficient (Wildman–Crippen LogP) is 2.84. The molecule has 0 radical (unpaired) electrons. The highest BCUT2D eigenvalue weighted by Crippen LogP contribution is 2.22. The Hall–Kier alpha value is -2.10. The Bertz CT molecular complexity index is 571. The van der Waals surface area contributed by atoms with Crippen LogP contribution < -0.4 is 4.90 Å². The lowest BCUT2D eigenvalue weighted by atomic mass is 10.1. The van der Waals surface area contributed by atoms with Crippen molar-refractivity contribution in [1.82, 2.24) is 4.90 Å². The Labute approximate surface area is 131 Å². The van der Waals surface area contributed by atoms with E-state index < -0.39 is 0 Å². The summed E-state index contributed by atoms with van der Waals surface area (Å²) >= 11 is 0. The summed E-state index contributed by atoms with van der Waals surface area (Å²) in [6.07, 6.45) is 8.53. The standard InChI is InChI=1S/C18H22N2O2/c21-17(19-12-2-1-3-13-19)11-8-15-6-9-16(10-7-15)20-14-4-5-18(20)22/h6-11H,1-5,12-14H2.